The highest BCUT2D eigenvalue weighted by atomic mass is 35.5. The second-order valence-electron chi connectivity index (χ2n) is 9.52. The number of nitrogens with zero attached hydrogens (tertiary/aromatic N) is 5. The molecule has 4 rings (SSSR count). The summed E-state index contributed by atoms with van der Waals surface area (Å²) in [5.41, 5.74) is -0.239. The number of anilines is 1. The molecule has 2 aliphatic heterocycles. The number of likely N-dealkylation sites (tertiary alicyclic amines) is 1. The minimum Gasteiger partial charge on any atom is -0.476 e. The number of aromatic nitrogens is 2. The van der Waals surface area contributed by atoms with Crippen LogP contribution in [0.2, 0.25) is 0 Å². The van der Waals surface area contributed by atoms with Gasteiger partial charge in [-0.2, -0.15) is 4.31 Å². The lowest BCUT2D eigenvalue weighted by molar-refractivity contribution is 0.0454. The lowest BCUT2D eigenvalue weighted by Crippen LogP contribution is -2.49. The summed E-state index contributed by atoms with van der Waals surface area (Å²) in [6.45, 7) is 5.86. The summed E-state index contributed by atoms with van der Waals surface area (Å²) in [6, 6.07) is 0. The summed E-state index contributed by atoms with van der Waals surface area (Å²) in [6.07, 6.45) is 7.19. The van der Waals surface area contributed by atoms with Crippen molar-refractivity contribution in [1.29, 1.82) is 0 Å². The quantitative estimate of drug-likeness (QED) is 0.461. The second kappa shape index (κ2) is 10.8. The van der Waals surface area contributed by atoms with Crippen molar-refractivity contribution < 1.29 is 22.7 Å². The molecule has 1 aromatic rings. The molecule has 0 atom stereocenters. The van der Waals surface area contributed by atoms with Crippen molar-refractivity contribution in [2.24, 2.45) is 5.92 Å². The van der Waals surface area contributed by atoms with Gasteiger partial charge in [0.15, 0.2) is 0 Å². The minimum absolute atomic E-state index is 0.0882. The zero-order chi connectivity index (χ0) is 24.2. The SMILES string of the molecule is CC1(OC(=O)N2CCC(COc3cnc(N4CCN(S(=O)(=O)CCCCl)CC4)cn3)CC2)CC1. The normalized spacial score (nSPS) is 21.4. The monoisotopic (exact) mass is 515 g/mol. The van der Waals surface area contributed by atoms with E-state index >= 15 is 0 Å². The van der Waals surface area contributed by atoms with Crippen molar-refractivity contribution >= 4 is 33.5 Å². The van der Waals surface area contributed by atoms with Crippen molar-refractivity contribution in [3.8, 4) is 5.88 Å². The topological polar surface area (TPSA) is 105 Å². The molecule has 12 heteroatoms. The van der Waals surface area contributed by atoms with E-state index in [1.807, 2.05) is 11.8 Å². The minimum atomic E-state index is -3.25. The van der Waals surface area contributed by atoms with Crippen LogP contribution in [-0.2, 0) is 14.8 Å². The third-order valence-corrected chi connectivity index (χ3v) is 8.96. The number of carbonyl (C=O) groups is 1. The first kappa shape index (κ1) is 25.2. The maximum atomic E-state index is 12.3. The van der Waals surface area contributed by atoms with Crippen molar-refractivity contribution in [2.75, 3.05) is 62.4 Å². The van der Waals surface area contributed by atoms with Gasteiger partial charge in [0.25, 0.3) is 0 Å². The number of amides is 1. The van der Waals surface area contributed by atoms with Gasteiger partial charge in [0.05, 0.1) is 24.8 Å². The van der Waals surface area contributed by atoms with E-state index in [4.69, 9.17) is 21.1 Å². The molecule has 0 bridgehead atoms. The fraction of sp³-hybridized carbons (Fsp3) is 0.773. The molecule has 3 fully saturated rings. The molecule has 3 heterocycles. The standard InChI is InChI=1S/C22H34ClN5O5S/c1-22(5-6-22)33-21(29)27-8-3-18(4-9-27)17-32-20-16-24-19(15-25-20)26-10-12-28(13-11-26)34(30,31)14-2-7-23/h15-16,18H,2-14,17H2,1H3. The van der Waals surface area contributed by atoms with Crippen LogP contribution in [0.5, 0.6) is 5.88 Å². The highest BCUT2D eigenvalue weighted by Gasteiger charge is 2.43. The molecule has 0 unspecified atom stereocenters. The molecule has 0 aromatic carbocycles. The molecule has 3 aliphatic rings. The lowest BCUT2D eigenvalue weighted by Gasteiger charge is -2.34. The third-order valence-electron chi connectivity index (χ3n) is 6.73. The Morgan fingerprint density at radius 1 is 1.12 bits per heavy atom. The average molecular weight is 516 g/mol. The molecule has 1 aromatic heterocycles. The van der Waals surface area contributed by atoms with Gasteiger partial charge < -0.3 is 19.3 Å². The third kappa shape index (κ3) is 6.63. The van der Waals surface area contributed by atoms with Crippen LogP contribution in [0.3, 0.4) is 0 Å². The first-order valence-electron chi connectivity index (χ1n) is 12.0. The van der Waals surface area contributed by atoms with Gasteiger partial charge in [0.2, 0.25) is 15.9 Å². The summed E-state index contributed by atoms with van der Waals surface area (Å²) in [7, 11) is -3.25. The number of rotatable bonds is 9. The van der Waals surface area contributed by atoms with E-state index in [-0.39, 0.29) is 17.4 Å². The van der Waals surface area contributed by atoms with E-state index in [2.05, 4.69) is 9.97 Å². The summed E-state index contributed by atoms with van der Waals surface area (Å²) in [5.74, 6) is 1.97. The van der Waals surface area contributed by atoms with Crippen molar-refractivity contribution in [2.45, 2.75) is 44.6 Å². The first-order chi connectivity index (χ1) is 16.3. The maximum Gasteiger partial charge on any atom is 0.410 e. The molecular formula is C22H34ClN5O5S. The van der Waals surface area contributed by atoms with Crippen molar-refractivity contribution in [3.05, 3.63) is 12.4 Å². The Morgan fingerprint density at radius 3 is 2.41 bits per heavy atom. The highest BCUT2D eigenvalue weighted by molar-refractivity contribution is 7.89. The fourth-order valence-electron chi connectivity index (χ4n) is 4.15. The number of piperidine rings is 1. The van der Waals surface area contributed by atoms with E-state index in [1.54, 1.807) is 17.3 Å². The van der Waals surface area contributed by atoms with E-state index in [0.717, 1.165) is 25.7 Å². The van der Waals surface area contributed by atoms with Gasteiger partial charge in [0, 0.05) is 45.1 Å². The summed E-state index contributed by atoms with van der Waals surface area (Å²) < 4.78 is 37.6. The van der Waals surface area contributed by atoms with Gasteiger partial charge in [0.1, 0.15) is 11.4 Å². The zero-order valence-corrected chi connectivity index (χ0v) is 21.3. The van der Waals surface area contributed by atoms with Crippen LogP contribution in [0.4, 0.5) is 10.6 Å². The van der Waals surface area contributed by atoms with Gasteiger partial charge in [-0.05, 0) is 44.9 Å². The molecule has 0 N–H and O–H groups in total. The Bertz CT molecular complexity index is 928. The van der Waals surface area contributed by atoms with E-state index in [0.29, 0.717) is 75.8 Å². The van der Waals surface area contributed by atoms with E-state index < -0.39 is 10.0 Å². The predicted molar refractivity (Wildman–Crippen MR) is 129 cm³/mol. The number of hydrogen-bond donors (Lipinski definition) is 0. The van der Waals surface area contributed by atoms with E-state index in [9.17, 15) is 13.2 Å². The zero-order valence-electron chi connectivity index (χ0n) is 19.7. The molecule has 1 aliphatic carbocycles. The van der Waals surface area contributed by atoms with Gasteiger partial charge in [-0.25, -0.2) is 23.2 Å². The summed E-state index contributed by atoms with van der Waals surface area (Å²) >= 11 is 5.63. The van der Waals surface area contributed by atoms with Crippen LogP contribution in [-0.4, -0.2) is 96.8 Å². The summed E-state index contributed by atoms with van der Waals surface area (Å²) in [5, 5.41) is 0. The molecule has 0 spiro atoms. The molecule has 0 radical (unpaired) electrons. The Morgan fingerprint density at radius 2 is 1.82 bits per heavy atom. The smallest absolute Gasteiger partial charge is 0.410 e. The average Bonchev–Trinajstić information content (AvgIpc) is 3.58. The van der Waals surface area contributed by atoms with Crippen LogP contribution in [0.1, 0.15) is 39.0 Å². The fourth-order valence-corrected chi connectivity index (χ4v) is 5.93. The van der Waals surface area contributed by atoms with E-state index in [1.165, 1.54) is 4.31 Å². The molecule has 2 saturated heterocycles. The Kier molecular flexibility index (Phi) is 8.04. The number of ether oxygens (including phenoxy) is 2. The van der Waals surface area contributed by atoms with Gasteiger partial charge in [-0.1, -0.05) is 0 Å². The van der Waals surface area contributed by atoms with Gasteiger partial charge in [-0.3, -0.25) is 0 Å². The second-order valence-corrected chi connectivity index (χ2v) is 12.0. The first-order valence-corrected chi connectivity index (χ1v) is 14.1. The Balaban J connectivity index is 1.17. The molecule has 190 valence electrons. The number of carbonyl (C=O) groups excluding carboxylic acids is 1. The molecule has 1 saturated carbocycles. The molecule has 10 nitrogen and oxygen atoms in total. The molecular weight excluding hydrogens is 482 g/mol. The van der Waals surface area contributed by atoms with Gasteiger partial charge in [-0.15, -0.1) is 11.6 Å². The van der Waals surface area contributed by atoms with Crippen LogP contribution < -0.4 is 9.64 Å². The Labute approximate surface area is 206 Å². The van der Waals surface area contributed by atoms with Crippen LogP contribution in [0.15, 0.2) is 12.4 Å². The number of sulfonamides is 1. The molecule has 1 amide bonds. The molecule has 34 heavy (non-hydrogen) atoms. The van der Waals surface area contributed by atoms with Crippen LogP contribution >= 0.6 is 11.6 Å². The summed E-state index contributed by atoms with van der Waals surface area (Å²) in [4.78, 5) is 24.9. The van der Waals surface area contributed by atoms with Crippen molar-refractivity contribution in [3.63, 3.8) is 0 Å². The largest absolute Gasteiger partial charge is 0.476 e. The van der Waals surface area contributed by atoms with Crippen LogP contribution in [0.25, 0.3) is 0 Å². The number of halogens is 1. The lowest BCUT2D eigenvalue weighted by atomic mass is 9.98. The Hall–Kier alpha value is -1.85. The highest BCUT2D eigenvalue weighted by Crippen LogP contribution is 2.39. The van der Waals surface area contributed by atoms with Crippen molar-refractivity contribution in [1.82, 2.24) is 19.2 Å². The van der Waals surface area contributed by atoms with Crippen LogP contribution in [0, 0.1) is 5.92 Å². The number of hydrogen-bond acceptors (Lipinski definition) is 8. The van der Waals surface area contributed by atoms with Gasteiger partial charge >= 0.3 is 6.09 Å². The number of piperazine rings is 1. The predicted octanol–water partition coefficient (Wildman–Crippen LogP) is 2.34. The maximum absolute atomic E-state index is 12.3. The number of alkyl halides is 1.